The van der Waals surface area contributed by atoms with E-state index in [0.29, 0.717) is 12.2 Å². The van der Waals surface area contributed by atoms with Crippen molar-refractivity contribution < 1.29 is 4.74 Å². The van der Waals surface area contributed by atoms with Crippen molar-refractivity contribution in [2.45, 2.75) is 37.4 Å². The minimum absolute atomic E-state index is 0.220. The zero-order valence-corrected chi connectivity index (χ0v) is 18.6. The largest absolute Gasteiger partial charge is 0.493 e. The fourth-order valence-electron chi connectivity index (χ4n) is 3.85. The number of benzene rings is 2. The third kappa shape index (κ3) is 5.27. The third-order valence-corrected chi connectivity index (χ3v) is 6.44. The van der Waals surface area contributed by atoms with E-state index < -0.39 is 0 Å². The topological polar surface area (TPSA) is 67.0 Å². The molecule has 0 spiro atoms. The molecule has 1 aliphatic heterocycles. The van der Waals surface area contributed by atoms with E-state index in [9.17, 15) is 0 Å². The molecule has 4 rings (SSSR count). The molecule has 1 fully saturated rings. The number of ether oxygens (including phenoxy) is 1. The number of hydrogen-bond acceptors (Lipinski definition) is 6. The molecule has 6 nitrogen and oxygen atoms in total. The van der Waals surface area contributed by atoms with Gasteiger partial charge in [0.1, 0.15) is 5.75 Å². The smallest absolute Gasteiger partial charge is 0.196 e. The van der Waals surface area contributed by atoms with Crippen molar-refractivity contribution >= 4 is 11.8 Å². The molecule has 2 aromatic carbocycles. The highest BCUT2D eigenvalue weighted by Crippen LogP contribution is 2.29. The van der Waals surface area contributed by atoms with Crippen molar-refractivity contribution in [1.82, 2.24) is 19.7 Å². The molecule has 160 valence electrons. The summed E-state index contributed by atoms with van der Waals surface area (Å²) in [5.74, 6) is 2.51. The van der Waals surface area contributed by atoms with Crippen molar-refractivity contribution in [1.29, 1.82) is 5.26 Å². The molecule has 0 bridgehead atoms. The summed E-state index contributed by atoms with van der Waals surface area (Å²) in [5, 5.41) is 18.9. The van der Waals surface area contributed by atoms with Crippen LogP contribution in [0, 0.1) is 11.3 Å². The molecule has 1 aromatic heterocycles. The Balaban J connectivity index is 1.46. The van der Waals surface area contributed by atoms with Gasteiger partial charge in [0, 0.05) is 11.4 Å². The van der Waals surface area contributed by atoms with Crippen molar-refractivity contribution in [2.24, 2.45) is 0 Å². The summed E-state index contributed by atoms with van der Waals surface area (Å²) < 4.78 is 8.01. The minimum atomic E-state index is 0.220. The molecule has 0 N–H and O–H groups in total. The maximum Gasteiger partial charge on any atom is 0.196 e. The number of thioether (sulfide) groups is 1. The van der Waals surface area contributed by atoms with E-state index in [1.54, 1.807) is 23.9 Å². The van der Waals surface area contributed by atoms with Crippen molar-refractivity contribution in [2.75, 3.05) is 25.4 Å². The Morgan fingerprint density at radius 2 is 1.77 bits per heavy atom. The lowest BCUT2D eigenvalue weighted by Crippen LogP contribution is -2.33. The van der Waals surface area contributed by atoms with Gasteiger partial charge in [-0.05, 0) is 69.3 Å². The molecule has 1 unspecified atom stereocenters. The Labute approximate surface area is 187 Å². The monoisotopic (exact) mass is 433 g/mol. The van der Waals surface area contributed by atoms with Gasteiger partial charge in [-0.2, -0.15) is 5.26 Å². The number of nitriles is 1. The van der Waals surface area contributed by atoms with Gasteiger partial charge in [0.05, 0.1) is 24.3 Å². The molecule has 0 amide bonds. The first-order valence-corrected chi connectivity index (χ1v) is 11.8. The van der Waals surface area contributed by atoms with Gasteiger partial charge in [0.25, 0.3) is 0 Å². The van der Waals surface area contributed by atoms with Gasteiger partial charge in [-0.15, -0.1) is 10.2 Å². The van der Waals surface area contributed by atoms with E-state index in [4.69, 9.17) is 10.00 Å². The summed E-state index contributed by atoms with van der Waals surface area (Å²) in [6, 6.07) is 19.9. The number of aromatic nitrogens is 3. The van der Waals surface area contributed by atoms with E-state index in [1.807, 2.05) is 30.3 Å². The third-order valence-electron chi connectivity index (χ3n) is 5.55. The van der Waals surface area contributed by atoms with Gasteiger partial charge in [0.2, 0.25) is 0 Å². The van der Waals surface area contributed by atoms with Crippen LogP contribution in [0.2, 0.25) is 0 Å². The summed E-state index contributed by atoms with van der Waals surface area (Å²) in [7, 11) is 0. The standard InChI is InChI=1S/C24H27N5OS/c1-19(28-14-6-3-7-15-28)23-26-27-24(29(23)21-8-4-2-5-9-21)31-17-16-30-22-12-10-20(18-25)11-13-22/h2,4-5,8-13,19H,3,6-7,14-17H2,1H3. The lowest BCUT2D eigenvalue weighted by molar-refractivity contribution is 0.167. The van der Waals surface area contributed by atoms with Crippen LogP contribution in [0.4, 0.5) is 0 Å². The molecule has 7 heteroatoms. The van der Waals surface area contributed by atoms with Crippen LogP contribution in [0.1, 0.15) is 43.6 Å². The average Bonchev–Trinajstić information content (AvgIpc) is 3.26. The molecule has 1 atom stereocenters. The Morgan fingerprint density at radius 3 is 2.48 bits per heavy atom. The molecule has 1 aliphatic rings. The first-order chi connectivity index (χ1) is 15.3. The van der Waals surface area contributed by atoms with Crippen molar-refractivity contribution in [3.8, 4) is 17.5 Å². The van der Waals surface area contributed by atoms with E-state index in [1.165, 1.54) is 19.3 Å². The Morgan fingerprint density at radius 1 is 1.03 bits per heavy atom. The molecule has 31 heavy (non-hydrogen) atoms. The molecule has 0 radical (unpaired) electrons. The summed E-state index contributed by atoms with van der Waals surface area (Å²) in [6.45, 7) is 5.01. The summed E-state index contributed by atoms with van der Waals surface area (Å²) >= 11 is 1.65. The Kier molecular flexibility index (Phi) is 7.23. The fraction of sp³-hybridized carbons (Fsp3) is 0.375. The van der Waals surface area contributed by atoms with Crippen LogP contribution in [0.3, 0.4) is 0 Å². The minimum Gasteiger partial charge on any atom is -0.493 e. The number of likely N-dealkylation sites (tertiary alicyclic amines) is 1. The molecule has 2 heterocycles. The summed E-state index contributed by atoms with van der Waals surface area (Å²) in [6.07, 6.45) is 3.81. The second-order valence-electron chi connectivity index (χ2n) is 7.62. The van der Waals surface area contributed by atoms with Crippen LogP contribution in [0.15, 0.2) is 59.8 Å². The zero-order valence-electron chi connectivity index (χ0n) is 17.8. The van der Waals surface area contributed by atoms with Gasteiger partial charge in [0.15, 0.2) is 11.0 Å². The normalized spacial score (nSPS) is 15.4. The van der Waals surface area contributed by atoms with Gasteiger partial charge in [-0.1, -0.05) is 36.4 Å². The molecule has 0 aliphatic carbocycles. The highest BCUT2D eigenvalue weighted by molar-refractivity contribution is 7.99. The predicted octanol–water partition coefficient (Wildman–Crippen LogP) is 4.86. The molecular formula is C24H27N5OS. The number of nitrogens with zero attached hydrogens (tertiary/aromatic N) is 5. The first kappa shape index (κ1) is 21.4. The highest BCUT2D eigenvalue weighted by Gasteiger charge is 2.25. The van der Waals surface area contributed by atoms with E-state index >= 15 is 0 Å². The van der Waals surface area contributed by atoms with Gasteiger partial charge >= 0.3 is 0 Å². The molecule has 3 aromatic rings. The van der Waals surface area contributed by atoms with Gasteiger partial charge in [-0.25, -0.2) is 0 Å². The first-order valence-electron chi connectivity index (χ1n) is 10.8. The second-order valence-corrected chi connectivity index (χ2v) is 8.68. The van der Waals surface area contributed by atoms with Gasteiger partial charge < -0.3 is 4.74 Å². The van der Waals surface area contributed by atoms with Crippen LogP contribution < -0.4 is 4.74 Å². The molecule has 1 saturated heterocycles. The summed E-state index contributed by atoms with van der Waals surface area (Å²) in [4.78, 5) is 2.51. The van der Waals surface area contributed by atoms with Crippen LogP contribution in [-0.2, 0) is 0 Å². The van der Waals surface area contributed by atoms with Crippen LogP contribution in [0.5, 0.6) is 5.75 Å². The second kappa shape index (κ2) is 10.5. The van der Waals surface area contributed by atoms with Crippen molar-refractivity contribution in [3.05, 3.63) is 66.0 Å². The number of piperidine rings is 1. The van der Waals surface area contributed by atoms with Crippen molar-refractivity contribution in [3.63, 3.8) is 0 Å². The van der Waals surface area contributed by atoms with Gasteiger partial charge in [-0.3, -0.25) is 9.47 Å². The highest BCUT2D eigenvalue weighted by atomic mass is 32.2. The van der Waals surface area contributed by atoms with E-state index in [2.05, 4.69) is 44.8 Å². The van der Waals surface area contributed by atoms with E-state index in [0.717, 1.165) is 41.3 Å². The van der Waals surface area contributed by atoms with Crippen LogP contribution in [0.25, 0.3) is 5.69 Å². The number of hydrogen-bond donors (Lipinski definition) is 0. The fourth-order valence-corrected chi connectivity index (χ4v) is 4.63. The van der Waals surface area contributed by atoms with E-state index in [-0.39, 0.29) is 6.04 Å². The predicted molar refractivity (Wildman–Crippen MR) is 123 cm³/mol. The summed E-state index contributed by atoms with van der Waals surface area (Å²) in [5.41, 5.74) is 1.72. The lowest BCUT2D eigenvalue weighted by Gasteiger charge is -2.31. The number of rotatable bonds is 8. The molecular weight excluding hydrogens is 406 g/mol. The van der Waals surface area contributed by atoms with Crippen LogP contribution >= 0.6 is 11.8 Å². The SMILES string of the molecule is CC(c1nnc(SCCOc2ccc(C#N)cc2)n1-c1ccccc1)N1CCCCC1. The molecule has 0 saturated carbocycles. The number of para-hydroxylation sites is 1. The van der Waals surface area contributed by atoms with Crippen LogP contribution in [-0.4, -0.2) is 45.1 Å². The quantitative estimate of drug-likeness (QED) is 0.373. The zero-order chi connectivity index (χ0) is 21.5. The Hall–Kier alpha value is -2.82. The average molecular weight is 434 g/mol. The lowest BCUT2D eigenvalue weighted by atomic mass is 10.1. The maximum atomic E-state index is 8.90. The Bertz CT molecular complexity index is 1010. The maximum absolute atomic E-state index is 8.90.